The fourth-order valence-electron chi connectivity index (χ4n) is 3.53. The van der Waals surface area contributed by atoms with E-state index in [-0.39, 0.29) is 23.7 Å². The molecule has 0 unspecified atom stereocenters. The number of hydrogen-bond acceptors (Lipinski definition) is 11. The number of nitrogens with zero attached hydrogens (tertiary/aromatic N) is 7. The predicted octanol–water partition coefficient (Wildman–Crippen LogP) is 2.56. The first-order chi connectivity index (χ1) is 16.7. The SMILES string of the molecule is COCCN(c1ccccc1)c1nc(N)nc(-c2noc(N3CC(Oc4ccccc4)C3)n2)n1. The van der Waals surface area contributed by atoms with Crippen LogP contribution in [0, 0.1) is 0 Å². The maximum atomic E-state index is 6.00. The molecule has 1 saturated heterocycles. The molecule has 1 aliphatic heterocycles. The molecule has 2 aromatic heterocycles. The quantitative estimate of drug-likeness (QED) is 0.395. The van der Waals surface area contributed by atoms with E-state index < -0.39 is 0 Å². The highest BCUT2D eigenvalue weighted by molar-refractivity contribution is 5.60. The summed E-state index contributed by atoms with van der Waals surface area (Å²) in [4.78, 5) is 21.4. The number of benzene rings is 2. The summed E-state index contributed by atoms with van der Waals surface area (Å²) >= 11 is 0. The number of nitrogen functional groups attached to an aromatic ring is 1. The molecule has 1 aliphatic rings. The number of ether oxygens (including phenoxy) is 2. The Labute approximate surface area is 196 Å². The van der Waals surface area contributed by atoms with Crippen molar-refractivity contribution < 1.29 is 14.0 Å². The number of para-hydroxylation sites is 2. The van der Waals surface area contributed by atoms with E-state index in [2.05, 4.69) is 25.1 Å². The topological polar surface area (TPSA) is 129 Å². The molecule has 0 bridgehead atoms. The first-order valence-corrected chi connectivity index (χ1v) is 10.8. The molecule has 11 nitrogen and oxygen atoms in total. The van der Waals surface area contributed by atoms with Crippen molar-refractivity contribution in [3.05, 3.63) is 60.7 Å². The summed E-state index contributed by atoms with van der Waals surface area (Å²) in [5.74, 6) is 1.73. The molecule has 0 atom stereocenters. The van der Waals surface area contributed by atoms with Crippen LogP contribution in [0.15, 0.2) is 65.2 Å². The van der Waals surface area contributed by atoms with Crippen molar-refractivity contribution >= 4 is 23.6 Å². The van der Waals surface area contributed by atoms with Gasteiger partial charge in [-0.2, -0.15) is 19.9 Å². The van der Waals surface area contributed by atoms with Crippen molar-refractivity contribution in [3.63, 3.8) is 0 Å². The van der Waals surface area contributed by atoms with E-state index in [0.29, 0.717) is 38.2 Å². The van der Waals surface area contributed by atoms with E-state index >= 15 is 0 Å². The third kappa shape index (κ3) is 4.74. The normalized spacial score (nSPS) is 13.5. The summed E-state index contributed by atoms with van der Waals surface area (Å²) in [6.45, 7) is 2.28. The van der Waals surface area contributed by atoms with Crippen LogP contribution in [-0.2, 0) is 4.74 Å². The van der Waals surface area contributed by atoms with Crippen LogP contribution in [0.4, 0.5) is 23.6 Å². The first kappa shape index (κ1) is 21.6. The van der Waals surface area contributed by atoms with Crippen molar-refractivity contribution in [1.29, 1.82) is 0 Å². The number of methoxy groups -OCH3 is 1. The Balaban J connectivity index is 1.32. The molecule has 11 heteroatoms. The van der Waals surface area contributed by atoms with Gasteiger partial charge in [-0.05, 0) is 24.3 Å². The predicted molar refractivity (Wildman–Crippen MR) is 126 cm³/mol. The van der Waals surface area contributed by atoms with Crippen LogP contribution in [-0.4, -0.2) is 64.5 Å². The van der Waals surface area contributed by atoms with Crippen molar-refractivity contribution in [2.75, 3.05) is 48.9 Å². The van der Waals surface area contributed by atoms with Gasteiger partial charge >= 0.3 is 6.01 Å². The van der Waals surface area contributed by atoms with Gasteiger partial charge in [-0.1, -0.05) is 41.6 Å². The highest BCUT2D eigenvalue weighted by Gasteiger charge is 2.33. The molecule has 3 heterocycles. The molecule has 1 fully saturated rings. The lowest BCUT2D eigenvalue weighted by Crippen LogP contribution is -2.54. The van der Waals surface area contributed by atoms with Gasteiger partial charge in [0.1, 0.15) is 11.9 Å². The van der Waals surface area contributed by atoms with Gasteiger partial charge in [-0.15, -0.1) is 0 Å². The minimum absolute atomic E-state index is 0.0531. The fraction of sp³-hybridized carbons (Fsp3) is 0.261. The van der Waals surface area contributed by atoms with E-state index in [9.17, 15) is 0 Å². The molecule has 0 spiro atoms. The number of hydrogen-bond donors (Lipinski definition) is 1. The average Bonchev–Trinajstić information content (AvgIpc) is 3.32. The Kier molecular flexibility index (Phi) is 6.17. The molecular formula is C23H24N8O3. The Bertz CT molecular complexity index is 1220. The van der Waals surface area contributed by atoms with Gasteiger partial charge in [-0.3, -0.25) is 0 Å². The highest BCUT2D eigenvalue weighted by Crippen LogP contribution is 2.27. The van der Waals surface area contributed by atoms with Gasteiger partial charge in [0.25, 0.3) is 0 Å². The Morgan fingerprint density at radius 3 is 2.44 bits per heavy atom. The van der Waals surface area contributed by atoms with Crippen molar-refractivity contribution in [3.8, 4) is 17.4 Å². The average molecular weight is 460 g/mol. The number of aromatic nitrogens is 5. The van der Waals surface area contributed by atoms with Crippen LogP contribution < -0.4 is 20.3 Å². The minimum atomic E-state index is 0.0531. The molecule has 174 valence electrons. The van der Waals surface area contributed by atoms with Crippen LogP contribution >= 0.6 is 0 Å². The zero-order chi connectivity index (χ0) is 23.3. The fourth-order valence-corrected chi connectivity index (χ4v) is 3.53. The summed E-state index contributed by atoms with van der Waals surface area (Å²) in [6.07, 6.45) is 0.0531. The minimum Gasteiger partial charge on any atom is -0.487 e. The van der Waals surface area contributed by atoms with E-state index in [0.717, 1.165) is 11.4 Å². The Morgan fingerprint density at radius 1 is 0.971 bits per heavy atom. The maximum Gasteiger partial charge on any atom is 0.324 e. The van der Waals surface area contributed by atoms with E-state index in [1.165, 1.54) is 0 Å². The molecule has 0 amide bonds. The van der Waals surface area contributed by atoms with Crippen molar-refractivity contribution in [1.82, 2.24) is 25.1 Å². The van der Waals surface area contributed by atoms with Gasteiger partial charge in [0.2, 0.25) is 23.5 Å². The van der Waals surface area contributed by atoms with Gasteiger partial charge in [0.15, 0.2) is 0 Å². The third-order valence-electron chi connectivity index (χ3n) is 5.25. The molecule has 0 aliphatic carbocycles. The van der Waals surface area contributed by atoms with Crippen LogP contribution in [0.5, 0.6) is 5.75 Å². The zero-order valence-electron chi connectivity index (χ0n) is 18.6. The third-order valence-corrected chi connectivity index (χ3v) is 5.25. The second kappa shape index (κ2) is 9.71. The second-order valence-electron chi connectivity index (χ2n) is 7.66. The highest BCUT2D eigenvalue weighted by atomic mass is 16.5. The first-order valence-electron chi connectivity index (χ1n) is 10.8. The molecule has 5 rings (SSSR count). The van der Waals surface area contributed by atoms with Crippen molar-refractivity contribution in [2.24, 2.45) is 0 Å². The lowest BCUT2D eigenvalue weighted by molar-refractivity contribution is 0.160. The van der Waals surface area contributed by atoms with E-state index in [1.807, 2.05) is 70.5 Å². The number of anilines is 4. The summed E-state index contributed by atoms with van der Waals surface area (Å²) in [5, 5.41) is 4.05. The van der Waals surface area contributed by atoms with Crippen LogP contribution in [0.1, 0.15) is 0 Å². The Hall–Kier alpha value is -4.25. The summed E-state index contributed by atoms with van der Waals surface area (Å²) < 4.78 is 16.6. The summed E-state index contributed by atoms with van der Waals surface area (Å²) in [5.41, 5.74) is 6.90. The van der Waals surface area contributed by atoms with Gasteiger partial charge < -0.3 is 29.5 Å². The standard InChI is InChI=1S/C23H24N8O3/c1-32-13-12-31(16-8-4-2-5-9-16)22-26-19(25-21(24)28-22)20-27-23(34-29-20)30-14-18(15-30)33-17-10-6-3-7-11-17/h2-11,18H,12-15H2,1H3,(H2,24,25,26,28). The number of nitrogens with two attached hydrogens (primary N) is 1. The molecule has 2 aromatic carbocycles. The van der Waals surface area contributed by atoms with Crippen LogP contribution in [0.25, 0.3) is 11.6 Å². The van der Waals surface area contributed by atoms with Gasteiger partial charge in [0, 0.05) is 19.3 Å². The smallest absolute Gasteiger partial charge is 0.324 e. The largest absolute Gasteiger partial charge is 0.487 e. The van der Waals surface area contributed by atoms with Crippen LogP contribution in [0.3, 0.4) is 0 Å². The van der Waals surface area contributed by atoms with Crippen molar-refractivity contribution in [2.45, 2.75) is 6.10 Å². The Morgan fingerprint density at radius 2 is 1.71 bits per heavy atom. The molecular weight excluding hydrogens is 436 g/mol. The molecule has 0 saturated carbocycles. The second-order valence-corrected chi connectivity index (χ2v) is 7.66. The summed E-state index contributed by atoms with van der Waals surface area (Å²) in [7, 11) is 1.64. The molecule has 0 radical (unpaired) electrons. The lowest BCUT2D eigenvalue weighted by Gasteiger charge is -2.37. The summed E-state index contributed by atoms with van der Waals surface area (Å²) in [6, 6.07) is 19.8. The van der Waals surface area contributed by atoms with E-state index in [1.54, 1.807) is 7.11 Å². The number of rotatable bonds is 9. The van der Waals surface area contributed by atoms with Crippen LogP contribution in [0.2, 0.25) is 0 Å². The molecule has 2 N–H and O–H groups in total. The van der Waals surface area contributed by atoms with Gasteiger partial charge in [-0.25, -0.2) is 0 Å². The maximum absolute atomic E-state index is 6.00. The lowest BCUT2D eigenvalue weighted by atomic mass is 10.2. The molecule has 34 heavy (non-hydrogen) atoms. The zero-order valence-corrected chi connectivity index (χ0v) is 18.6. The van der Waals surface area contributed by atoms with Gasteiger partial charge in [0.05, 0.1) is 19.7 Å². The molecule has 4 aromatic rings. The van der Waals surface area contributed by atoms with E-state index in [4.69, 9.17) is 19.7 Å². The monoisotopic (exact) mass is 460 g/mol.